The van der Waals surface area contributed by atoms with Crippen molar-refractivity contribution < 1.29 is 27.8 Å². The lowest BCUT2D eigenvalue weighted by molar-refractivity contribution is 0.102. The lowest BCUT2D eigenvalue weighted by Gasteiger charge is -2.16. The van der Waals surface area contributed by atoms with Crippen LogP contribution in [0, 0.1) is 12.7 Å². The maximum atomic E-state index is 13.5. The fraction of sp³-hybridized carbons (Fsp3) is 0.161. The van der Waals surface area contributed by atoms with Gasteiger partial charge in [0.05, 0.1) is 26.3 Å². The molecule has 42 heavy (non-hydrogen) atoms. The summed E-state index contributed by atoms with van der Waals surface area (Å²) < 4.78 is 44.9. The zero-order valence-corrected chi connectivity index (χ0v) is 23.0. The van der Waals surface area contributed by atoms with E-state index in [1.165, 1.54) is 49.2 Å². The Morgan fingerprint density at radius 3 is 2.40 bits per heavy atom. The fourth-order valence-corrected chi connectivity index (χ4v) is 4.51. The number of aryl methyl sites for hydroxylation is 1. The molecule has 9 nitrogen and oxygen atoms in total. The molecular weight excluding hydrogens is 546 g/mol. The number of nitrogens with zero attached hydrogens (tertiary/aromatic N) is 3. The summed E-state index contributed by atoms with van der Waals surface area (Å²) in [7, 11) is 2.99. The molecule has 11 heteroatoms. The number of anilines is 1. The van der Waals surface area contributed by atoms with Crippen LogP contribution in [-0.2, 0) is 6.54 Å². The summed E-state index contributed by atoms with van der Waals surface area (Å²) in [5.74, 6) is 0.468. The van der Waals surface area contributed by atoms with Crippen LogP contribution in [-0.4, -0.2) is 41.3 Å². The minimum Gasteiger partial charge on any atom is -0.491 e. The van der Waals surface area contributed by atoms with Crippen LogP contribution in [0.5, 0.6) is 23.1 Å². The number of amides is 1. The minimum atomic E-state index is -0.697. The van der Waals surface area contributed by atoms with Crippen LogP contribution < -0.4 is 25.0 Å². The van der Waals surface area contributed by atoms with Gasteiger partial charge < -0.3 is 24.1 Å². The van der Waals surface area contributed by atoms with E-state index in [0.29, 0.717) is 45.2 Å². The van der Waals surface area contributed by atoms with Crippen LogP contribution in [0.3, 0.4) is 0 Å². The number of carbonyl (C=O) groups excluding carboxylic acids is 1. The van der Waals surface area contributed by atoms with Gasteiger partial charge in [-0.25, -0.2) is 13.8 Å². The number of carbonyl (C=O) groups is 1. The second-order valence-electron chi connectivity index (χ2n) is 9.18. The van der Waals surface area contributed by atoms with Crippen molar-refractivity contribution in [1.82, 2.24) is 14.5 Å². The van der Waals surface area contributed by atoms with Crippen LogP contribution in [0.1, 0.15) is 16.1 Å². The number of benzene rings is 2. The molecule has 5 aromatic rings. The van der Waals surface area contributed by atoms with Gasteiger partial charge in [-0.3, -0.25) is 14.6 Å². The maximum absolute atomic E-state index is 13.5. The van der Waals surface area contributed by atoms with E-state index in [1.807, 2.05) is 0 Å². The average molecular weight is 573 g/mol. The topological polar surface area (TPSA) is 105 Å². The summed E-state index contributed by atoms with van der Waals surface area (Å²) >= 11 is 0. The maximum Gasteiger partial charge on any atom is 0.261 e. The Morgan fingerprint density at radius 2 is 1.74 bits per heavy atom. The second kappa shape index (κ2) is 12.0. The van der Waals surface area contributed by atoms with E-state index in [0.717, 1.165) is 0 Å². The molecule has 1 N–H and O–H groups in total. The van der Waals surface area contributed by atoms with Crippen molar-refractivity contribution in [2.24, 2.45) is 0 Å². The molecule has 1 amide bonds. The average Bonchev–Trinajstić information content (AvgIpc) is 3.00. The third-order valence-corrected chi connectivity index (χ3v) is 6.61. The number of nitrogens with one attached hydrogen (secondary N) is 1. The Kier molecular flexibility index (Phi) is 8.09. The molecule has 0 saturated heterocycles. The Labute approximate surface area is 239 Å². The minimum absolute atomic E-state index is 0.0518. The molecule has 214 valence electrons. The number of rotatable bonds is 9. The molecule has 0 saturated carbocycles. The fourth-order valence-electron chi connectivity index (χ4n) is 4.51. The number of alkyl halides is 1. The zero-order chi connectivity index (χ0) is 29.8. The Bertz CT molecular complexity index is 1820. The first kappa shape index (κ1) is 28.2. The van der Waals surface area contributed by atoms with Crippen LogP contribution >= 0.6 is 0 Å². The Balaban J connectivity index is 1.40. The number of halogens is 2. The molecule has 0 unspecified atom stereocenters. The van der Waals surface area contributed by atoms with E-state index in [-0.39, 0.29) is 23.6 Å². The van der Waals surface area contributed by atoms with Crippen molar-refractivity contribution in [1.29, 1.82) is 0 Å². The van der Waals surface area contributed by atoms with E-state index >= 15 is 0 Å². The van der Waals surface area contributed by atoms with Gasteiger partial charge in [0.1, 0.15) is 29.3 Å². The number of hydrogen-bond acceptors (Lipinski definition) is 7. The van der Waals surface area contributed by atoms with E-state index in [2.05, 4.69) is 15.3 Å². The molecule has 0 bridgehead atoms. The molecule has 0 atom stereocenters. The molecule has 0 radical (unpaired) electrons. The number of fused-ring (bicyclic) bond motifs is 1. The molecule has 0 spiro atoms. The zero-order valence-electron chi connectivity index (χ0n) is 23.0. The standard InChI is InChI=1S/C31H26F2N4O5/c1-18-27(19-4-6-20(33)7-5-19)29(38)23(17-37(18)15-13-32)30(39)35-21-8-10-22(11-9-21)42-25-12-14-34-24-16-26(40-2)31(41-3)36-28(24)25/h4-12,14,16-17H,13,15H2,1-3H3,(H,35,39). The summed E-state index contributed by atoms with van der Waals surface area (Å²) in [6, 6.07) is 15.2. The second-order valence-corrected chi connectivity index (χ2v) is 9.18. The number of aromatic nitrogens is 3. The largest absolute Gasteiger partial charge is 0.491 e. The van der Waals surface area contributed by atoms with Crippen molar-refractivity contribution in [2.75, 3.05) is 26.2 Å². The smallest absolute Gasteiger partial charge is 0.261 e. The highest BCUT2D eigenvalue weighted by Gasteiger charge is 2.20. The lowest BCUT2D eigenvalue weighted by Crippen LogP contribution is -2.26. The molecule has 3 aromatic heterocycles. The molecule has 2 aromatic carbocycles. The normalized spacial score (nSPS) is 10.9. The van der Waals surface area contributed by atoms with Gasteiger partial charge in [-0.1, -0.05) is 12.1 Å². The quantitative estimate of drug-likeness (QED) is 0.233. The summed E-state index contributed by atoms with van der Waals surface area (Å²) in [4.78, 5) is 35.4. The van der Waals surface area contributed by atoms with Crippen LogP contribution in [0.4, 0.5) is 14.5 Å². The molecule has 0 aliphatic rings. The number of hydrogen-bond donors (Lipinski definition) is 1. The Morgan fingerprint density at radius 1 is 1.00 bits per heavy atom. The van der Waals surface area contributed by atoms with Gasteiger partial charge >= 0.3 is 0 Å². The molecule has 5 rings (SSSR count). The van der Waals surface area contributed by atoms with Gasteiger partial charge in [0.25, 0.3) is 11.8 Å². The van der Waals surface area contributed by atoms with Crippen LogP contribution in [0.2, 0.25) is 0 Å². The Hall–Kier alpha value is -5.32. The van der Waals surface area contributed by atoms with Gasteiger partial charge in [-0.05, 0) is 48.9 Å². The van der Waals surface area contributed by atoms with E-state index in [9.17, 15) is 18.4 Å². The van der Waals surface area contributed by atoms with Gasteiger partial charge in [-0.15, -0.1) is 0 Å². The molecule has 0 fully saturated rings. The van der Waals surface area contributed by atoms with Gasteiger partial charge in [0, 0.05) is 41.5 Å². The summed E-state index contributed by atoms with van der Waals surface area (Å²) in [5, 5.41) is 2.71. The SMILES string of the molecule is COc1cc2nccc(Oc3ccc(NC(=O)c4cn(CCF)c(C)c(-c5ccc(F)cc5)c4=O)cc3)c2nc1OC. The highest BCUT2D eigenvalue weighted by molar-refractivity contribution is 6.04. The summed E-state index contributed by atoms with van der Waals surface area (Å²) in [6.07, 6.45) is 2.92. The first-order chi connectivity index (χ1) is 20.3. The molecular formula is C31H26F2N4O5. The summed E-state index contributed by atoms with van der Waals surface area (Å²) in [5.41, 5.74) is 1.79. The van der Waals surface area contributed by atoms with E-state index < -0.39 is 23.8 Å². The lowest BCUT2D eigenvalue weighted by atomic mass is 10.0. The van der Waals surface area contributed by atoms with Gasteiger partial charge in [0.2, 0.25) is 5.43 Å². The highest BCUT2D eigenvalue weighted by Crippen LogP contribution is 2.34. The number of methoxy groups -OCH3 is 2. The van der Waals surface area contributed by atoms with Gasteiger partial charge in [0.15, 0.2) is 11.5 Å². The van der Waals surface area contributed by atoms with Crippen molar-refractivity contribution >= 4 is 22.6 Å². The van der Waals surface area contributed by atoms with Crippen LogP contribution in [0.15, 0.2) is 77.9 Å². The monoisotopic (exact) mass is 572 g/mol. The van der Waals surface area contributed by atoms with E-state index in [1.54, 1.807) is 49.5 Å². The van der Waals surface area contributed by atoms with Crippen molar-refractivity contribution in [2.45, 2.75) is 13.5 Å². The predicted molar refractivity (Wildman–Crippen MR) is 154 cm³/mol. The third-order valence-electron chi connectivity index (χ3n) is 6.61. The number of pyridine rings is 3. The molecule has 0 aliphatic carbocycles. The van der Waals surface area contributed by atoms with Gasteiger partial charge in [-0.2, -0.15) is 0 Å². The molecule has 3 heterocycles. The molecule has 0 aliphatic heterocycles. The van der Waals surface area contributed by atoms with E-state index in [4.69, 9.17) is 14.2 Å². The first-order valence-electron chi connectivity index (χ1n) is 12.9. The first-order valence-corrected chi connectivity index (χ1v) is 12.9. The third kappa shape index (κ3) is 5.62. The van der Waals surface area contributed by atoms with Crippen molar-refractivity contribution in [3.05, 3.63) is 100 Å². The number of ether oxygens (including phenoxy) is 3. The van der Waals surface area contributed by atoms with Crippen molar-refractivity contribution in [3.63, 3.8) is 0 Å². The van der Waals surface area contributed by atoms with Crippen LogP contribution in [0.25, 0.3) is 22.2 Å². The van der Waals surface area contributed by atoms with Crippen molar-refractivity contribution in [3.8, 4) is 34.3 Å². The highest BCUT2D eigenvalue weighted by atomic mass is 19.1. The predicted octanol–water partition coefficient (Wildman–Crippen LogP) is 5.94. The summed E-state index contributed by atoms with van der Waals surface area (Å²) in [6.45, 7) is 0.909.